The summed E-state index contributed by atoms with van der Waals surface area (Å²) >= 11 is 0. The van der Waals surface area contributed by atoms with Gasteiger partial charge in [0.1, 0.15) is 0 Å². The van der Waals surface area contributed by atoms with Gasteiger partial charge >= 0.3 is 6.03 Å². The van der Waals surface area contributed by atoms with Crippen molar-refractivity contribution in [1.82, 2.24) is 0 Å². The Bertz CT molecular complexity index is 869. The summed E-state index contributed by atoms with van der Waals surface area (Å²) in [6, 6.07) is 21.2. The number of ether oxygens (including phenoxy) is 1. The Morgan fingerprint density at radius 3 is 2.56 bits per heavy atom. The number of hydrogen-bond acceptors (Lipinski definition) is 2. The first-order chi connectivity index (χ1) is 12.1. The molecule has 128 valence electrons. The van der Waals surface area contributed by atoms with Crippen molar-refractivity contribution >= 4 is 28.2 Å². The highest BCUT2D eigenvalue weighted by Crippen LogP contribution is 2.23. The van der Waals surface area contributed by atoms with Crippen molar-refractivity contribution in [2.75, 3.05) is 10.6 Å². The molecule has 0 saturated heterocycles. The van der Waals surface area contributed by atoms with E-state index >= 15 is 0 Å². The number of carbonyl (C=O) groups excluding carboxylic acids is 1. The molecule has 0 aliphatic rings. The lowest BCUT2D eigenvalue weighted by Crippen LogP contribution is -2.19. The lowest BCUT2D eigenvalue weighted by molar-refractivity contribution is 0.0657. The smallest absolute Gasteiger partial charge is 0.323 e. The van der Waals surface area contributed by atoms with Gasteiger partial charge in [0.2, 0.25) is 0 Å². The van der Waals surface area contributed by atoms with E-state index in [-0.39, 0.29) is 12.1 Å². The fraction of sp³-hybridized carbons (Fsp3) is 0.190. The largest absolute Gasteiger partial charge is 0.374 e. The normalized spacial score (nSPS) is 10.8. The standard InChI is InChI=1S/C21H22N2O2/c1-15(2)25-14-16-7-5-10-18(13-16)22-21(24)23-20-12-6-9-17-8-3-4-11-19(17)20/h3-13,15H,14H2,1-2H3,(H2,22,23,24). The first kappa shape index (κ1) is 17.0. The molecule has 0 aromatic heterocycles. The van der Waals surface area contributed by atoms with Gasteiger partial charge in [0.25, 0.3) is 0 Å². The highest BCUT2D eigenvalue weighted by Gasteiger charge is 2.06. The zero-order valence-electron chi connectivity index (χ0n) is 14.5. The van der Waals surface area contributed by atoms with Crippen LogP contribution >= 0.6 is 0 Å². The Kier molecular flexibility index (Phi) is 5.31. The van der Waals surface area contributed by atoms with Crippen LogP contribution in [0, 0.1) is 0 Å². The monoisotopic (exact) mass is 334 g/mol. The summed E-state index contributed by atoms with van der Waals surface area (Å²) in [5.74, 6) is 0. The molecule has 2 amide bonds. The van der Waals surface area contributed by atoms with Gasteiger partial charge in [-0.3, -0.25) is 0 Å². The Morgan fingerprint density at radius 2 is 1.72 bits per heavy atom. The zero-order chi connectivity index (χ0) is 17.6. The fourth-order valence-electron chi connectivity index (χ4n) is 2.62. The third-order valence-electron chi connectivity index (χ3n) is 3.81. The molecule has 0 bridgehead atoms. The number of hydrogen-bond donors (Lipinski definition) is 2. The van der Waals surface area contributed by atoms with Crippen LogP contribution in [-0.4, -0.2) is 12.1 Å². The average Bonchev–Trinajstić information content (AvgIpc) is 2.60. The lowest BCUT2D eigenvalue weighted by Gasteiger charge is -2.12. The maximum atomic E-state index is 12.3. The summed E-state index contributed by atoms with van der Waals surface area (Å²) in [7, 11) is 0. The van der Waals surface area contributed by atoms with E-state index in [1.165, 1.54) is 0 Å². The second kappa shape index (κ2) is 7.81. The predicted octanol–water partition coefficient (Wildman–Crippen LogP) is 5.41. The molecule has 0 aliphatic carbocycles. The zero-order valence-corrected chi connectivity index (χ0v) is 14.5. The first-order valence-electron chi connectivity index (χ1n) is 8.38. The molecule has 0 atom stereocenters. The second-order valence-corrected chi connectivity index (χ2v) is 6.17. The molecule has 4 nitrogen and oxygen atoms in total. The van der Waals surface area contributed by atoms with Gasteiger partial charge in [-0.25, -0.2) is 4.79 Å². The predicted molar refractivity (Wildman–Crippen MR) is 103 cm³/mol. The minimum Gasteiger partial charge on any atom is -0.374 e. The molecular weight excluding hydrogens is 312 g/mol. The van der Waals surface area contributed by atoms with Gasteiger partial charge in [-0.2, -0.15) is 0 Å². The Hall–Kier alpha value is -2.85. The molecule has 0 aliphatic heterocycles. The van der Waals surface area contributed by atoms with Gasteiger partial charge in [0.05, 0.1) is 18.4 Å². The minimum absolute atomic E-state index is 0.172. The van der Waals surface area contributed by atoms with Crippen LogP contribution in [0.5, 0.6) is 0 Å². The first-order valence-corrected chi connectivity index (χ1v) is 8.38. The fourth-order valence-corrected chi connectivity index (χ4v) is 2.62. The molecule has 0 heterocycles. The van der Waals surface area contributed by atoms with Gasteiger partial charge in [-0.15, -0.1) is 0 Å². The SMILES string of the molecule is CC(C)OCc1cccc(NC(=O)Nc2cccc3ccccc23)c1. The van der Waals surface area contributed by atoms with Crippen molar-refractivity contribution in [2.45, 2.75) is 26.6 Å². The van der Waals surface area contributed by atoms with E-state index in [0.717, 1.165) is 27.7 Å². The average molecular weight is 334 g/mol. The van der Waals surface area contributed by atoms with E-state index in [1.54, 1.807) is 0 Å². The van der Waals surface area contributed by atoms with Gasteiger partial charge in [-0.1, -0.05) is 48.5 Å². The van der Waals surface area contributed by atoms with Gasteiger partial charge < -0.3 is 15.4 Å². The highest BCUT2D eigenvalue weighted by atomic mass is 16.5. The van der Waals surface area contributed by atoms with Gasteiger partial charge in [0.15, 0.2) is 0 Å². The minimum atomic E-state index is -0.265. The number of carbonyl (C=O) groups is 1. The van der Waals surface area contributed by atoms with Crippen molar-refractivity contribution < 1.29 is 9.53 Å². The van der Waals surface area contributed by atoms with E-state index < -0.39 is 0 Å². The van der Waals surface area contributed by atoms with E-state index in [4.69, 9.17) is 4.74 Å². The van der Waals surface area contributed by atoms with Crippen molar-refractivity contribution in [3.05, 3.63) is 72.3 Å². The van der Waals surface area contributed by atoms with Crippen molar-refractivity contribution in [3.63, 3.8) is 0 Å². The maximum absolute atomic E-state index is 12.3. The molecular formula is C21H22N2O2. The summed E-state index contributed by atoms with van der Waals surface area (Å²) in [5, 5.41) is 7.90. The summed E-state index contributed by atoms with van der Waals surface area (Å²) in [5.41, 5.74) is 2.55. The van der Waals surface area contributed by atoms with E-state index in [0.29, 0.717) is 6.61 Å². The van der Waals surface area contributed by atoms with E-state index in [1.807, 2.05) is 80.6 Å². The number of urea groups is 1. The quantitative estimate of drug-likeness (QED) is 0.655. The summed E-state index contributed by atoms with van der Waals surface area (Å²) in [4.78, 5) is 12.3. The summed E-state index contributed by atoms with van der Waals surface area (Å²) in [6.45, 7) is 4.53. The van der Waals surface area contributed by atoms with Crippen LogP contribution in [0.4, 0.5) is 16.2 Å². The molecule has 0 fully saturated rings. The van der Waals surface area contributed by atoms with Crippen molar-refractivity contribution in [1.29, 1.82) is 0 Å². The molecule has 3 aromatic rings. The molecule has 0 spiro atoms. The molecule has 4 heteroatoms. The van der Waals surface area contributed by atoms with Crippen LogP contribution in [0.3, 0.4) is 0 Å². The summed E-state index contributed by atoms with van der Waals surface area (Å²) in [6.07, 6.45) is 0.172. The number of anilines is 2. The molecule has 0 radical (unpaired) electrons. The Morgan fingerprint density at radius 1 is 0.960 bits per heavy atom. The van der Waals surface area contributed by atoms with Crippen LogP contribution in [0.1, 0.15) is 19.4 Å². The Labute approximate surface area is 147 Å². The van der Waals surface area contributed by atoms with Crippen LogP contribution in [0.2, 0.25) is 0 Å². The number of rotatable bonds is 5. The number of fused-ring (bicyclic) bond motifs is 1. The number of amides is 2. The van der Waals surface area contributed by atoms with E-state index in [9.17, 15) is 4.79 Å². The van der Waals surface area contributed by atoms with Gasteiger partial charge in [-0.05, 0) is 43.0 Å². The van der Waals surface area contributed by atoms with Crippen molar-refractivity contribution in [3.8, 4) is 0 Å². The number of nitrogens with one attached hydrogen (secondary N) is 2. The van der Waals surface area contributed by atoms with Crippen LogP contribution < -0.4 is 10.6 Å². The van der Waals surface area contributed by atoms with Crippen LogP contribution in [0.15, 0.2) is 66.7 Å². The Balaban J connectivity index is 1.69. The third-order valence-corrected chi connectivity index (χ3v) is 3.81. The molecule has 25 heavy (non-hydrogen) atoms. The second-order valence-electron chi connectivity index (χ2n) is 6.17. The molecule has 3 rings (SSSR count). The third kappa shape index (κ3) is 4.58. The molecule has 0 unspecified atom stereocenters. The summed E-state index contributed by atoms with van der Waals surface area (Å²) < 4.78 is 5.60. The van der Waals surface area contributed by atoms with Gasteiger partial charge in [0, 0.05) is 11.1 Å². The lowest BCUT2D eigenvalue weighted by atomic mass is 10.1. The topological polar surface area (TPSA) is 50.4 Å². The van der Waals surface area contributed by atoms with Crippen LogP contribution in [0.25, 0.3) is 10.8 Å². The molecule has 0 saturated carbocycles. The number of benzene rings is 3. The maximum Gasteiger partial charge on any atom is 0.323 e. The van der Waals surface area contributed by atoms with Crippen LogP contribution in [-0.2, 0) is 11.3 Å². The molecule has 2 N–H and O–H groups in total. The van der Waals surface area contributed by atoms with E-state index in [2.05, 4.69) is 10.6 Å². The van der Waals surface area contributed by atoms with Crippen molar-refractivity contribution in [2.24, 2.45) is 0 Å². The molecule has 3 aromatic carbocycles. The highest BCUT2D eigenvalue weighted by molar-refractivity contribution is 6.06.